The largest absolute Gasteiger partial charge is 0.296 e. The average molecular weight is 361 g/mol. The zero-order valence-corrected chi connectivity index (χ0v) is 13.8. The number of aromatic nitrogens is 2. The van der Waals surface area contributed by atoms with Gasteiger partial charge in [-0.25, -0.2) is 4.98 Å². The minimum absolute atomic E-state index is 0.224. The van der Waals surface area contributed by atoms with Gasteiger partial charge in [-0.05, 0) is 17.7 Å². The van der Waals surface area contributed by atoms with Crippen molar-refractivity contribution < 1.29 is 0 Å². The number of benzene rings is 1. The summed E-state index contributed by atoms with van der Waals surface area (Å²) in [5, 5.41) is 10.9. The summed E-state index contributed by atoms with van der Waals surface area (Å²) in [5.41, 5.74) is 1.66. The number of rotatable bonds is 2. The molecule has 2 aromatic rings. The van der Waals surface area contributed by atoms with Crippen LogP contribution in [0.4, 0.5) is 0 Å². The monoisotopic (exact) mass is 360 g/mol. The van der Waals surface area contributed by atoms with E-state index >= 15 is 0 Å². The molecule has 0 aliphatic carbocycles. The fourth-order valence-corrected chi connectivity index (χ4v) is 5.52. The van der Waals surface area contributed by atoms with Gasteiger partial charge in [0.1, 0.15) is 11.8 Å². The Morgan fingerprint density at radius 1 is 1.43 bits per heavy atom. The number of hydrogen-bond donors (Lipinski definition) is 0. The molecule has 0 bridgehead atoms. The maximum Gasteiger partial charge on any atom is 0.145 e. The Morgan fingerprint density at radius 3 is 2.95 bits per heavy atom. The molecule has 106 valence electrons. The third-order valence-electron chi connectivity index (χ3n) is 2.99. The molecule has 0 amide bonds. The van der Waals surface area contributed by atoms with Gasteiger partial charge in [-0.1, -0.05) is 29.3 Å². The predicted molar refractivity (Wildman–Crippen MR) is 90.3 cm³/mol. The summed E-state index contributed by atoms with van der Waals surface area (Å²) < 4.78 is 2.73. The molecule has 1 aromatic carbocycles. The Kier molecular flexibility index (Phi) is 4.51. The van der Waals surface area contributed by atoms with Gasteiger partial charge in [0.15, 0.2) is 0 Å². The second-order valence-electron chi connectivity index (χ2n) is 4.30. The number of allylic oxidation sites excluding steroid dienone is 1. The van der Waals surface area contributed by atoms with Gasteiger partial charge in [0.2, 0.25) is 0 Å². The molecule has 3 nitrogen and oxygen atoms in total. The van der Waals surface area contributed by atoms with Gasteiger partial charge in [0.05, 0.1) is 10.6 Å². The van der Waals surface area contributed by atoms with Crippen LogP contribution in [0.25, 0.3) is 5.70 Å². The third kappa shape index (κ3) is 3.09. The van der Waals surface area contributed by atoms with E-state index in [2.05, 4.69) is 11.1 Å². The van der Waals surface area contributed by atoms with Crippen molar-refractivity contribution in [3.05, 3.63) is 56.8 Å². The van der Waals surface area contributed by atoms with Gasteiger partial charge in [0, 0.05) is 33.4 Å². The van der Waals surface area contributed by atoms with Crippen LogP contribution in [0.1, 0.15) is 10.8 Å². The zero-order chi connectivity index (χ0) is 14.8. The molecule has 1 unspecified atom stereocenters. The van der Waals surface area contributed by atoms with E-state index in [0.29, 0.717) is 15.7 Å². The summed E-state index contributed by atoms with van der Waals surface area (Å²) in [6, 6.07) is 7.80. The Balaban J connectivity index is 1.90. The molecule has 3 rings (SSSR count). The summed E-state index contributed by atoms with van der Waals surface area (Å²) in [4.78, 5) is 3.99. The maximum absolute atomic E-state index is 9.38. The van der Waals surface area contributed by atoms with Crippen LogP contribution in [0.3, 0.4) is 0 Å². The minimum Gasteiger partial charge on any atom is -0.296 e. The lowest BCUT2D eigenvalue weighted by Crippen LogP contribution is -1.93. The van der Waals surface area contributed by atoms with Crippen LogP contribution in [-0.2, 0) is 0 Å². The SMILES string of the molecule is N#C/C(=C1/SC[13CH]([13c]2[13cH][13cH][13c](Cl)[13cH][13c]2Cl)S1)n1ccnc1. The lowest BCUT2D eigenvalue weighted by atomic mass is 10.5. The van der Waals surface area contributed by atoms with Crippen molar-refractivity contribution in [3.63, 3.8) is 0 Å². The molecule has 1 aromatic heterocycles. The van der Waals surface area contributed by atoms with E-state index in [0.717, 1.165) is 15.6 Å². The van der Waals surface area contributed by atoms with Gasteiger partial charge in [-0.15, -0.1) is 23.5 Å². The Morgan fingerprint density at radius 2 is 2.29 bits per heavy atom. The first-order chi connectivity index (χ1) is 10.2. The van der Waals surface area contributed by atoms with Crippen LogP contribution in [0.5, 0.6) is 0 Å². The molecule has 21 heavy (non-hydrogen) atoms. The van der Waals surface area contributed by atoms with Crippen LogP contribution >= 0.6 is 46.7 Å². The van der Waals surface area contributed by atoms with Crippen molar-refractivity contribution in [2.75, 3.05) is 5.75 Å². The molecule has 1 aliphatic rings. The van der Waals surface area contributed by atoms with Crippen LogP contribution in [0, 0.1) is 11.3 Å². The Labute approximate surface area is 141 Å². The minimum atomic E-state index is 0.224. The van der Waals surface area contributed by atoms with Crippen molar-refractivity contribution in [1.82, 2.24) is 9.55 Å². The first-order valence-corrected chi connectivity index (χ1v) is 8.68. The van der Waals surface area contributed by atoms with E-state index in [1.807, 2.05) is 12.1 Å². The van der Waals surface area contributed by atoms with Crippen molar-refractivity contribution in [3.8, 4) is 6.07 Å². The highest BCUT2D eigenvalue weighted by Crippen LogP contribution is 2.53. The molecule has 1 atom stereocenters. The Bertz CT molecular complexity index is 735. The van der Waals surface area contributed by atoms with Gasteiger partial charge in [0.25, 0.3) is 0 Å². The second-order valence-corrected chi connectivity index (χ2v) is 7.65. The van der Waals surface area contributed by atoms with E-state index in [4.69, 9.17) is 23.2 Å². The van der Waals surface area contributed by atoms with Crippen molar-refractivity contribution >= 4 is 52.4 Å². The number of hydrogen-bond acceptors (Lipinski definition) is 4. The van der Waals surface area contributed by atoms with Crippen molar-refractivity contribution in [2.24, 2.45) is 0 Å². The molecule has 7 heteroatoms. The average Bonchev–Trinajstić information content (AvgIpc) is 3.12. The third-order valence-corrected chi connectivity index (χ3v) is 6.47. The number of halogens is 2. The number of nitrogens with zero attached hydrogens (tertiary/aromatic N) is 3. The second kappa shape index (κ2) is 6.37. The molecule has 1 aliphatic heterocycles. The highest BCUT2D eigenvalue weighted by atomic mass is 35.5. The normalized spacial score (nSPS) is 20.3. The quantitative estimate of drug-likeness (QED) is 0.554. The van der Waals surface area contributed by atoms with Crippen LogP contribution in [0.2, 0.25) is 10.0 Å². The Hall–Kier alpha value is -1.06. The fourth-order valence-electron chi connectivity index (χ4n) is 1.99. The number of nitriles is 1. The first kappa shape index (κ1) is 14.9. The van der Waals surface area contributed by atoms with E-state index < -0.39 is 0 Å². The van der Waals surface area contributed by atoms with E-state index in [1.165, 1.54) is 0 Å². The zero-order valence-electron chi connectivity index (χ0n) is 10.7. The lowest BCUT2D eigenvalue weighted by Gasteiger charge is -2.10. The van der Waals surface area contributed by atoms with Gasteiger partial charge < -0.3 is 0 Å². The van der Waals surface area contributed by atoms with Gasteiger partial charge >= 0.3 is 0 Å². The molecule has 0 saturated carbocycles. The summed E-state index contributed by atoms with van der Waals surface area (Å²) in [6.45, 7) is 0. The molecular weight excluding hydrogens is 352 g/mol. The van der Waals surface area contributed by atoms with Crippen molar-refractivity contribution in [2.45, 2.75) is 5.25 Å². The smallest absolute Gasteiger partial charge is 0.145 e. The molecule has 0 N–H and O–H groups in total. The highest BCUT2D eigenvalue weighted by molar-refractivity contribution is 8.25. The van der Waals surface area contributed by atoms with Crippen LogP contribution in [0.15, 0.2) is 41.2 Å². The summed E-state index contributed by atoms with van der Waals surface area (Å²) >= 11 is 15.5. The van der Waals surface area contributed by atoms with Gasteiger partial charge in [-0.3, -0.25) is 4.57 Å². The fraction of sp³-hybridized carbons (Fsp3) is 0.143. The van der Waals surface area contributed by atoms with E-state index in [1.54, 1.807) is 52.9 Å². The molecule has 1 saturated heterocycles. The van der Waals surface area contributed by atoms with E-state index in [9.17, 15) is 5.26 Å². The number of thioether (sulfide) groups is 2. The number of imidazole rings is 1. The summed E-state index contributed by atoms with van der Waals surface area (Å²) in [5.74, 6) is 0.876. The van der Waals surface area contributed by atoms with E-state index in [-0.39, 0.29) is 5.25 Å². The highest BCUT2D eigenvalue weighted by Gasteiger charge is 2.27. The maximum atomic E-state index is 9.38. The van der Waals surface area contributed by atoms with Crippen molar-refractivity contribution in [1.29, 1.82) is 5.26 Å². The first-order valence-electron chi connectivity index (χ1n) is 6.06. The molecule has 2 heterocycles. The van der Waals surface area contributed by atoms with Crippen LogP contribution < -0.4 is 0 Å². The topological polar surface area (TPSA) is 41.6 Å². The summed E-state index contributed by atoms with van der Waals surface area (Å²) in [7, 11) is 0. The summed E-state index contributed by atoms with van der Waals surface area (Å²) in [6.07, 6.45) is 5.07. The molecule has 0 spiro atoms. The lowest BCUT2D eigenvalue weighted by molar-refractivity contribution is 1.10. The predicted octanol–water partition coefficient (Wildman–Crippen LogP) is 5.06. The standard InChI is InChI=1S/C14H9Cl2N3S2/c15-9-1-2-10(11(16)5-9)13-7-20-14(21-13)12(6-17)19-4-3-18-8-19/h1-5,8,13H,7H2/b14-12+/i1+1,2+1,5+1,9+1,10+1,11+1,13+1. The van der Waals surface area contributed by atoms with Gasteiger partial charge in [-0.2, -0.15) is 5.26 Å². The molecule has 0 radical (unpaired) electrons. The molecular formula is C14H9Cl2N3S2. The molecule has 1 fully saturated rings. The van der Waals surface area contributed by atoms with Crippen LogP contribution in [-0.4, -0.2) is 15.3 Å².